The average Bonchev–Trinajstić information content (AvgIpc) is 3.83. The van der Waals surface area contributed by atoms with Crippen LogP contribution in [0.3, 0.4) is 0 Å². The number of hydrogen-bond acceptors (Lipinski definition) is 3. The van der Waals surface area contributed by atoms with E-state index in [0.717, 1.165) is 25.0 Å². The molecule has 280 valence electrons. The van der Waals surface area contributed by atoms with Crippen LogP contribution in [0.5, 0.6) is 5.75 Å². The fraction of sp³-hybridized carbons (Fsp3) is 0.211. The number of fused-ring (bicyclic) bond motifs is 5. The summed E-state index contributed by atoms with van der Waals surface area (Å²) in [5, 5.41) is 31.3. The van der Waals surface area contributed by atoms with Gasteiger partial charge in [-0.25, -0.2) is 0 Å². The third kappa shape index (κ3) is 2.31. The summed E-state index contributed by atoms with van der Waals surface area (Å²) < 4.78 is 11.6. The van der Waals surface area contributed by atoms with Gasteiger partial charge in [-0.05, 0) is 178 Å². The molecule has 0 N–H and O–H groups in total. The lowest BCUT2D eigenvalue weighted by Gasteiger charge is -2.30. The van der Waals surface area contributed by atoms with Gasteiger partial charge in [-0.2, -0.15) is 0 Å². The van der Waals surface area contributed by atoms with Gasteiger partial charge in [0, 0.05) is 34.5 Å². The molecule has 0 saturated heterocycles. The molecule has 0 bridgehead atoms. The van der Waals surface area contributed by atoms with Crippen molar-refractivity contribution in [2.75, 3.05) is 13.7 Å². The van der Waals surface area contributed by atoms with Crippen molar-refractivity contribution in [1.82, 2.24) is 0 Å². The second kappa shape index (κ2) is 8.58. The van der Waals surface area contributed by atoms with Crippen molar-refractivity contribution in [1.29, 1.82) is 0 Å². The van der Waals surface area contributed by atoms with Crippen LogP contribution in [0.4, 0.5) is 0 Å². The molecule has 12 aromatic carbocycles. The monoisotopic (exact) mass is 766 g/mol. The molecule has 3 nitrogen and oxygen atoms in total. The molecular formula is C57H34O3. The van der Waals surface area contributed by atoms with Gasteiger partial charge in [0.2, 0.25) is 0 Å². The lowest BCUT2D eigenvalue weighted by molar-refractivity contribution is -0.140. The quantitative estimate of drug-likeness (QED) is 0.114. The lowest BCUT2D eigenvalue weighted by Crippen LogP contribution is -2.27. The van der Waals surface area contributed by atoms with E-state index in [2.05, 4.69) is 104 Å². The molecule has 18 rings (SSSR count). The summed E-state index contributed by atoms with van der Waals surface area (Å²) in [6.45, 7) is 2.87. The van der Waals surface area contributed by atoms with Crippen LogP contribution in [0.1, 0.15) is 72.3 Å². The van der Waals surface area contributed by atoms with Gasteiger partial charge < -0.3 is 9.47 Å². The summed E-state index contributed by atoms with van der Waals surface area (Å²) in [7, 11) is 1.54. The first-order chi connectivity index (χ1) is 29.6. The van der Waals surface area contributed by atoms with E-state index >= 15 is 0 Å². The molecule has 0 aliphatic heterocycles. The van der Waals surface area contributed by atoms with Crippen molar-refractivity contribution >= 4 is 120 Å². The third-order valence-electron chi connectivity index (χ3n) is 18.2. The number of rotatable bonds is 8. The van der Waals surface area contributed by atoms with Gasteiger partial charge in [-0.15, -0.1) is 0 Å². The van der Waals surface area contributed by atoms with Crippen LogP contribution in [-0.4, -0.2) is 19.7 Å². The van der Waals surface area contributed by atoms with Crippen molar-refractivity contribution in [3.05, 3.63) is 130 Å². The predicted molar refractivity (Wildman–Crippen MR) is 244 cm³/mol. The minimum atomic E-state index is -0.329. The highest BCUT2D eigenvalue weighted by Crippen LogP contribution is 2.95. The number of hydrogen-bond donors (Lipinski definition) is 0. The molecule has 3 heteroatoms. The number of carbonyl (C=O) groups excluding carboxylic acids is 1. The van der Waals surface area contributed by atoms with E-state index in [0.29, 0.717) is 13.0 Å². The van der Waals surface area contributed by atoms with E-state index in [9.17, 15) is 4.79 Å². The van der Waals surface area contributed by atoms with Crippen LogP contribution in [0.15, 0.2) is 96.6 Å². The van der Waals surface area contributed by atoms with Crippen molar-refractivity contribution in [2.45, 2.75) is 60.7 Å². The predicted octanol–water partition coefficient (Wildman–Crippen LogP) is 12.6. The van der Waals surface area contributed by atoms with E-state index < -0.39 is 0 Å². The number of allylic oxidation sites excluding steroid dienone is 6. The summed E-state index contributed by atoms with van der Waals surface area (Å²) in [6, 6.07) is 24.3. The van der Waals surface area contributed by atoms with Crippen molar-refractivity contribution < 1.29 is 14.3 Å². The van der Waals surface area contributed by atoms with Crippen LogP contribution in [0.2, 0.25) is 0 Å². The molecule has 1 saturated carbocycles. The minimum Gasteiger partial charge on any atom is -0.494 e. The Morgan fingerprint density at radius 1 is 0.633 bits per heavy atom. The smallest absolute Gasteiger partial charge is 0.305 e. The fourth-order valence-electron chi connectivity index (χ4n) is 17.2. The van der Waals surface area contributed by atoms with Gasteiger partial charge in [0.05, 0.1) is 13.7 Å². The molecule has 0 radical (unpaired) electrons. The Bertz CT molecular complexity index is 4200. The van der Waals surface area contributed by atoms with Gasteiger partial charge in [-0.3, -0.25) is 4.79 Å². The van der Waals surface area contributed by atoms with E-state index in [4.69, 9.17) is 9.47 Å². The topological polar surface area (TPSA) is 35.5 Å². The molecule has 0 aromatic heterocycles. The van der Waals surface area contributed by atoms with Gasteiger partial charge in [-0.1, -0.05) is 91.9 Å². The molecule has 6 aliphatic rings. The van der Waals surface area contributed by atoms with E-state index in [1.165, 1.54) is 110 Å². The van der Waals surface area contributed by atoms with Crippen molar-refractivity contribution in [3.8, 4) is 5.75 Å². The minimum absolute atomic E-state index is 0.122. The standard InChI is InChI=1S/C57H34O3/c1-3-23-60-25-14-12-24(13-15-25)55(22-6-11-36(58)59-2)56-34-9-5-10-35-33-21-20-31-30-19-18-29-28-17-16-27-26-7-4-8-32(34)43-41(26)46-37(27)38(28)45-39(29)40(30)47-42(31)44(33)54(57(35,55)56)52-50(47)48(45)49(46)51(52)53(43)56/h4-5,7-10,12-21,32,35H,3,6,11,22-23H2,1-2H3. The number of esters is 1. The Kier molecular flexibility index (Phi) is 4.25. The van der Waals surface area contributed by atoms with Gasteiger partial charge in [0.25, 0.3) is 0 Å². The zero-order valence-corrected chi connectivity index (χ0v) is 33.2. The van der Waals surface area contributed by atoms with E-state index in [1.54, 1.807) is 43.8 Å². The summed E-state index contributed by atoms with van der Waals surface area (Å²) in [5.74, 6) is 1.12. The number of carbonyl (C=O) groups is 1. The van der Waals surface area contributed by atoms with Gasteiger partial charge in [0.15, 0.2) is 0 Å². The van der Waals surface area contributed by atoms with Crippen molar-refractivity contribution in [3.63, 3.8) is 0 Å². The Morgan fingerprint density at radius 2 is 1.25 bits per heavy atom. The summed E-state index contributed by atoms with van der Waals surface area (Å²) in [6.07, 6.45) is 18.1. The molecule has 5 atom stereocenters. The van der Waals surface area contributed by atoms with Crippen LogP contribution in [0, 0.1) is 0 Å². The largest absolute Gasteiger partial charge is 0.494 e. The van der Waals surface area contributed by atoms with Crippen LogP contribution in [0.25, 0.3) is 114 Å². The van der Waals surface area contributed by atoms with Crippen LogP contribution < -0.4 is 9.96 Å². The molecule has 0 heterocycles. The Labute approximate surface area is 342 Å². The highest BCUT2D eigenvalue weighted by atomic mass is 16.5. The second-order valence-electron chi connectivity index (χ2n) is 19.5. The maximum atomic E-state index is 13.1. The Balaban J connectivity index is 1.16. The number of benzene rings is 8. The number of methoxy groups -OCH3 is 1. The first-order valence-corrected chi connectivity index (χ1v) is 22.3. The molecule has 12 aromatic rings. The molecular weight excluding hydrogens is 733 g/mol. The highest BCUT2D eigenvalue weighted by molar-refractivity contribution is 6.62. The molecule has 60 heavy (non-hydrogen) atoms. The third-order valence-corrected chi connectivity index (χ3v) is 18.2. The van der Waals surface area contributed by atoms with Crippen LogP contribution >= 0.6 is 0 Å². The summed E-state index contributed by atoms with van der Waals surface area (Å²) in [4.78, 5) is 13.1. The summed E-state index contributed by atoms with van der Waals surface area (Å²) >= 11 is 0. The Morgan fingerprint density at radius 3 is 1.98 bits per heavy atom. The van der Waals surface area contributed by atoms with Crippen LogP contribution in [-0.2, 0) is 25.8 Å². The lowest BCUT2D eigenvalue weighted by atomic mass is 9.70. The van der Waals surface area contributed by atoms with Gasteiger partial charge >= 0.3 is 5.97 Å². The van der Waals surface area contributed by atoms with Crippen molar-refractivity contribution in [2.24, 2.45) is 0 Å². The molecule has 6 aliphatic carbocycles. The van der Waals surface area contributed by atoms with E-state index in [1.807, 2.05) is 0 Å². The number of ether oxygens (including phenoxy) is 2. The maximum Gasteiger partial charge on any atom is 0.305 e. The normalized spacial score (nSPS) is 26.5. The van der Waals surface area contributed by atoms with Gasteiger partial charge in [0.1, 0.15) is 5.75 Å². The highest BCUT2D eigenvalue weighted by Gasteiger charge is 2.94. The maximum absolute atomic E-state index is 13.1. The molecule has 0 amide bonds. The zero-order chi connectivity index (χ0) is 38.7. The molecule has 2 spiro atoms. The molecule has 1 fully saturated rings. The average molecular weight is 767 g/mol. The SMILES string of the molecule is CCCOc1ccc(C2(CCCC(=O)OC)C34C5=CC=CC6c7ccc8c9ccc%10c%11ccc%12c%13c%14c(c3c3c%15c(c7c8c7c9c%10c8c%11c%12c%14c3c8c%157)C624)C5C=CC=%13)cc1. The fourth-order valence-corrected chi connectivity index (χ4v) is 17.2. The van der Waals surface area contributed by atoms with E-state index in [-0.39, 0.29) is 34.1 Å². The summed E-state index contributed by atoms with van der Waals surface area (Å²) in [5.41, 5.74) is 8.30. The first kappa shape index (κ1) is 29.7. The first-order valence-electron chi connectivity index (χ1n) is 22.3. The molecule has 5 unspecified atom stereocenters. The Hall–Kier alpha value is -6.45. The zero-order valence-electron chi connectivity index (χ0n) is 33.2. The second-order valence-corrected chi connectivity index (χ2v) is 19.5.